The molecule has 0 atom stereocenters. The minimum Gasteiger partial charge on any atom is -0.478 e. The fourth-order valence-electron chi connectivity index (χ4n) is 4.25. The normalized spacial score (nSPS) is 14.8. The number of hydrogen-bond donors (Lipinski definition) is 1. The molecule has 1 aliphatic rings. The van der Waals surface area contributed by atoms with Crippen molar-refractivity contribution in [2.45, 2.75) is 19.8 Å². The van der Waals surface area contributed by atoms with Gasteiger partial charge in [-0.3, -0.25) is 9.78 Å². The number of rotatable bonds is 4. The third-order valence-electron chi connectivity index (χ3n) is 6.30. The van der Waals surface area contributed by atoms with Crippen LogP contribution in [0.2, 0.25) is 0 Å². The number of nitrogens with two attached hydrogens (primary N) is 1. The van der Waals surface area contributed by atoms with Crippen LogP contribution in [0.5, 0.6) is 5.88 Å². The van der Waals surface area contributed by atoms with Crippen molar-refractivity contribution < 1.29 is 9.53 Å². The first-order valence-electron chi connectivity index (χ1n) is 10.9. The lowest BCUT2D eigenvalue weighted by molar-refractivity contribution is -0.130. The van der Waals surface area contributed by atoms with E-state index in [1.165, 1.54) is 0 Å². The van der Waals surface area contributed by atoms with Crippen molar-refractivity contribution in [3.8, 4) is 17.0 Å². The molecule has 0 saturated carbocycles. The zero-order chi connectivity index (χ0) is 22.2. The summed E-state index contributed by atoms with van der Waals surface area (Å²) < 4.78 is 7.79. The Kier molecular flexibility index (Phi) is 5.17. The number of nitrogen functional groups attached to an aromatic ring is 1. The molecule has 3 aromatic heterocycles. The number of ether oxygens (including phenoxy) is 1. The molecule has 8 nitrogen and oxygen atoms in total. The summed E-state index contributed by atoms with van der Waals surface area (Å²) >= 11 is 0. The Morgan fingerprint density at radius 3 is 2.81 bits per heavy atom. The van der Waals surface area contributed by atoms with Gasteiger partial charge in [-0.15, -0.1) is 0 Å². The largest absolute Gasteiger partial charge is 0.478 e. The molecule has 1 saturated heterocycles. The van der Waals surface area contributed by atoms with Crippen molar-refractivity contribution in [2.24, 2.45) is 5.92 Å². The number of aromatic nitrogens is 4. The summed E-state index contributed by atoms with van der Waals surface area (Å²) in [6.07, 6.45) is 5.46. The van der Waals surface area contributed by atoms with E-state index in [1.54, 1.807) is 17.6 Å². The average molecular weight is 428 g/mol. The lowest BCUT2D eigenvalue weighted by Crippen LogP contribution is -2.38. The smallest absolute Gasteiger partial charge is 0.219 e. The Balaban J connectivity index is 1.43. The second-order valence-corrected chi connectivity index (χ2v) is 8.40. The number of piperidine rings is 1. The predicted molar refractivity (Wildman–Crippen MR) is 127 cm³/mol. The van der Waals surface area contributed by atoms with Crippen LogP contribution in [0.15, 0.2) is 42.7 Å². The molecule has 4 aromatic rings. The standard InChI is InChI=1S/C23H25BN6O2/c1-14(31)29-8-6-15(7-9-29)13-32-23-20(24)21(25)30-22(28-23)18(12-27-30)17-10-16-4-2-3-5-19(16)26-11-17/h2-5,10-12,15H,6-9,13,24-25H2,1H3. The van der Waals surface area contributed by atoms with Gasteiger partial charge in [-0.1, -0.05) is 18.2 Å². The second kappa shape index (κ2) is 8.14. The number of pyridine rings is 1. The third-order valence-corrected chi connectivity index (χ3v) is 6.30. The van der Waals surface area contributed by atoms with E-state index in [4.69, 9.17) is 15.5 Å². The van der Waals surface area contributed by atoms with Gasteiger partial charge in [-0.2, -0.15) is 14.6 Å². The molecule has 5 rings (SSSR count). The summed E-state index contributed by atoms with van der Waals surface area (Å²) in [5.74, 6) is 1.56. The van der Waals surface area contributed by atoms with Gasteiger partial charge < -0.3 is 15.4 Å². The number of para-hydroxylation sites is 1. The van der Waals surface area contributed by atoms with Gasteiger partial charge in [-0.05, 0) is 30.9 Å². The van der Waals surface area contributed by atoms with Gasteiger partial charge in [-0.25, -0.2) is 0 Å². The number of carbonyl (C=O) groups is 1. The first-order valence-corrected chi connectivity index (χ1v) is 10.9. The highest BCUT2D eigenvalue weighted by atomic mass is 16.5. The highest BCUT2D eigenvalue weighted by molar-refractivity contribution is 6.37. The van der Waals surface area contributed by atoms with Crippen LogP contribution in [-0.2, 0) is 4.79 Å². The summed E-state index contributed by atoms with van der Waals surface area (Å²) in [4.78, 5) is 22.8. The van der Waals surface area contributed by atoms with E-state index >= 15 is 0 Å². The molecule has 0 unspecified atom stereocenters. The lowest BCUT2D eigenvalue weighted by Gasteiger charge is -2.31. The Bertz CT molecular complexity index is 1310. The Labute approximate surface area is 186 Å². The maximum Gasteiger partial charge on any atom is 0.219 e. The summed E-state index contributed by atoms with van der Waals surface area (Å²) in [5, 5.41) is 5.51. The van der Waals surface area contributed by atoms with Crippen molar-refractivity contribution in [1.82, 2.24) is 24.5 Å². The number of carbonyl (C=O) groups excluding carboxylic acids is 1. The van der Waals surface area contributed by atoms with E-state index in [0.717, 1.165) is 53.4 Å². The van der Waals surface area contributed by atoms with Crippen LogP contribution in [0.3, 0.4) is 0 Å². The highest BCUT2D eigenvalue weighted by Gasteiger charge is 2.22. The molecule has 32 heavy (non-hydrogen) atoms. The minimum atomic E-state index is 0.136. The molecular weight excluding hydrogens is 403 g/mol. The predicted octanol–water partition coefficient (Wildman–Crippen LogP) is 1.42. The molecule has 4 heterocycles. The molecule has 0 bridgehead atoms. The summed E-state index contributed by atoms with van der Waals surface area (Å²) in [7, 11) is 1.90. The molecule has 0 spiro atoms. The maximum atomic E-state index is 11.5. The maximum absolute atomic E-state index is 11.5. The molecule has 1 amide bonds. The van der Waals surface area contributed by atoms with Crippen LogP contribution in [0.25, 0.3) is 27.7 Å². The first kappa shape index (κ1) is 20.3. The number of amides is 1. The molecule has 162 valence electrons. The highest BCUT2D eigenvalue weighted by Crippen LogP contribution is 2.28. The van der Waals surface area contributed by atoms with Crippen LogP contribution >= 0.6 is 0 Å². The number of likely N-dealkylation sites (tertiary alicyclic amines) is 1. The molecule has 2 N–H and O–H groups in total. The van der Waals surface area contributed by atoms with E-state index in [9.17, 15) is 4.79 Å². The zero-order valence-electron chi connectivity index (χ0n) is 18.3. The van der Waals surface area contributed by atoms with Gasteiger partial charge in [0.2, 0.25) is 11.8 Å². The van der Waals surface area contributed by atoms with E-state index in [2.05, 4.69) is 16.1 Å². The summed E-state index contributed by atoms with van der Waals surface area (Å²) in [5.41, 5.74) is 10.5. The molecule has 0 aliphatic carbocycles. The fraction of sp³-hybridized carbons (Fsp3) is 0.304. The number of hydrogen-bond acceptors (Lipinski definition) is 6. The monoisotopic (exact) mass is 428 g/mol. The van der Waals surface area contributed by atoms with Gasteiger partial charge in [0.05, 0.1) is 18.3 Å². The van der Waals surface area contributed by atoms with Crippen molar-refractivity contribution in [3.63, 3.8) is 0 Å². The van der Waals surface area contributed by atoms with Gasteiger partial charge in [0, 0.05) is 48.2 Å². The summed E-state index contributed by atoms with van der Waals surface area (Å²) in [6, 6.07) is 10.1. The first-order chi connectivity index (χ1) is 15.5. The van der Waals surface area contributed by atoms with Gasteiger partial charge in [0.25, 0.3) is 0 Å². The van der Waals surface area contributed by atoms with Crippen LogP contribution in [0.4, 0.5) is 5.82 Å². The number of nitrogens with zero attached hydrogens (tertiary/aromatic N) is 5. The molecule has 0 radical (unpaired) electrons. The molecule has 1 fully saturated rings. The van der Waals surface area contributed by atoms with Crippen molar-refractivity contribution in [2.75, 3.05) is 25.4 Å². The average Bonchev–Trinajstić information content (AvgIpc) is 3.24. The van der Waals surface area contributed by atoms with E-state index in [-0.39, 0.29) is 5.91 Å². The molecule has 1 aromatic carbocycles. The minimum absolute atomic E-state index is 0.136. The molecule has 1 aliphatic heterocycles. The van der Waals surface area contributed by atoms with Crippen LogP contribution in [0, 0.1) is 5.92 Å². The van der Waals surface area contributed by atoms with Gasteiger partial charge >= 0.3 is 0 Å². The topological polar surface area (TPSA) is 98.6 Å². The Morgan fingerprint density at radius 2 is 2.03 bits per heavy atom. The zero-order valence-corrected chi connectivity index (χ0v) is 18.3. The number of benzene rings is 1. The van der Waals surface area contributed by atoms with Crippen LogP contribution < -0.4 is 15.9 Å². The van der Waals surface area contributed by atoms with Crippen molar-refractivity contribution in [1.29, 1.82) is 0 Å². The van der Waals surface area contributed by atoms with E-state index in [1.807, 2.05) is 43.2 Å². The number of fused-ring (bicyclic) bond motifs is 2. The van der Waals surface area contributed by atoms with Crippen LogP contribution in [-0.4, -0.2) is 57.9 Å². The lowest BCUT2D eigenvalue weighted by atomic mass is 9.96. The van der Waals surface area contributed by atoms with Gasteiger partial charge in [0.1, 0.15) is 5.82 Å². The molecular formula is C23H25BN6O2. The molecule has 9 heteroatoms. The Morgan fingerprint density at radius 1 is 1.25 bits per heavy atom. The summed E-state index contributed by atoms with van der Waals surface area (Å²) in [6.45, 7) is 3.73. The van der Waals surface area contributed by atoms with E-state index in [0.29, 0.717) is 29.9 Å². The number of anilines is 1. The van der Waals surface area contributed by atoms with E-state index < -0.39 is 0 Å². The quantitative estimate of drug-likeness (QED) is 0.494. The fourth-order valence-corrected chi connectivity index (χ4v) is 4.25. The SMILES string of the molecule is Bc1c(OCC2CCN(C(C)=O)CC2)nc2c(-c3cnc4ccccc4c3)cnn2c1N. The Hall–Kier alpha value is -3.62. The van der Waals surface area contributed by atoms with Crippen LogP contribution in [0.1, 0.15) is 19.8 Å². The third kappa shape index (κ3) is 3.64. The van der Waals surface area contributed by atoms with Gasteiger partial charge in [0.15, 0.2) is 13.5 Å². The van der Waals surface area contributed by atoms with Crippen molar-refractivity contribution >= 4 is 41.6 Å². The van der Waals surface area contributed by atoms with Crippen molar-refractivity contribution in [3.05, 3.63) is 42.7 Å². The second-order valence-electron chi connectivity index (χ2n) is 8.40.